The normalized spacial score (nSPS) is 19.0. The van der Waals surface area contributed by atoms with Gasteiger partial charge in [0.05, 0.1) is 17.6 Å². The summed E-state index contributed by atoms with van der Waals surface area (Å²) in [7, 11) is 0. The molecule has 17 heavy (non-hydrogen) atoms. The Hall–Kier alpha value is -1.32. The third-order valence-electron chi connectivity index (χ3n) is 3.28. The lowest BCUT2D eigenvalue weighted by molar-refractivity contribution is 0.364. The first-order valence-electron chi connectivity index (χ1n) is 5.64. The first kappa shape index (κ1) is 9.68. The van der Waals surface area contributed by atoms with Crippen molar-refractivity contribution in [3.63, 3.8) is 0 Å². The van der Waals surface area contributed by atoms with E-state index in [0.29, 0.717) is 0 Å². The largest absolute Gasteiger partial charge is 0.351 e. The Labute approximate surface area is 107 Å². The van der Waals surface area contributed by atoms with Crippen LogP contribution in [0.15, 0.2) is 46.9 Å². The third kappa shape index (κ3) is 1.36. The second-order valence-electron chi connectivity index (χ2n) is 4.34. The highest BCUT2D eigenvalue weighted by molar-refractivity contribution is 9.10. The zero-order chi connectivity index (χ0) is 11.4. The molecule has 0 aliphatic carbocycles. The van der Waals surface area contributed by atoms with E-state index in [4.69, 9.17) is 4.74 Å². The van der Waals surface area contributed by atoms with Gasteiger partial charge in [-0.3, -0.25) is 0 Å². The van der Waals surface area contributed by atoms with Crippen LogP contribution in [0, 0.1) is 0 Å². The SMILES string of the molecule is Brc1ccc2c(c1)c1ccccc1n2C1CO1. The van der Waals surface area contributed by atoms with Gasteiger partial charge in [0.15, 0.2) is 6.23 Å². The number of halogens is 1. The molecular weight excluding hydrogens is 278 g/mol. The van der Waals surface area contributed by atoms with Crippen LogP contribution in [-0.2, 0) is 4.74 Å². The van der Waals surface area contributed by atoms with E-state index in [2.05, 4.69) is 63.0 Å². The molecule has 2 nitrogen and oxygen atoms in total. The molecule has 0 saturated carbocycles. The fourth-order valence-electron chi connectivity index (χ4n) is 2.48. The molecule has 0 spiro atoms. The van der Waals surface area contributed by atoms with E-state index in [1.807, 2.05) is 0 Å². The van der Waals surface area contributed by atoms with Crippen LogP contribution in [0.5, 0.6) is 0 Å². The minimum absolute atomic E-state index is 0.221. The monoisotopic (exact) mass is 287 g/mol. The molecule has 1 aliphatic heterocycles. The minimum Gasteiger partial charge on any atom is -0.351 e. The zero-order valence-corrected chi connectivity index (χ0v) is 10.6. The molecule has 2 aromatic carbocycles. The Bertz CT molecular complexity index is 727. The summed E-state index contributed by atoms with van der Waals surface area (Å²) in [4.78, 5) is 0. The number of rotatable bonds is 1. The van der Waals surface area contributed by atoms with Crippen molar-refractivity contribution in [1.82, 2.24) is 4.57 Å². The Morgan fingerprint density at radius 3 is 2.65 bits per heavy atom. The smallest absolute Gasteiger partial charge is 0.158 e. The van der Waals surface area contributed by atoms with Crippen LogP contribution in [0.4, 0.5) is 0 Å². The molecule has 1 aromatic heterocycles. The number of epoxide rings is 1. The summed E-state index contributed by atoms with van der Waals surface area (Å²) in [6.07, 6.45) is 0.221. The number of fused-ring (bicyclic) bond motifs is 3. The molecule has 3 aromatic rings. The van der Waals surface area contributed by atoms with E-state index in [0.717, 1.165) is 11.1 Å². The van der Waals surface area contributed by atoms with E-state index < -0.39 is 0 Å². The van der Waals surface area contributed by atoms with Crippen molar-refractivity contribution < 1.29 is 4.74 Å². The van der Waals surface area contributed by atoms with Crippen molar-refractivity contribution in [2.75, 3.05) is 6.61 Å². The lowest BCUT2D eigenvalue weighted by atomic mass is 10.2. The summed E-state index contributed by atoms with van der Waals surface area (Å²) in [5, 5.41) is 2.57. The van der Waals surface area contributed by atoms with Crippen molar-refractivity contribution in [3.05, 3.63) is 46.9 Å². The topological polar surface area (TPSA) is 17.5 Å². The van der Waals surface area contributed by atoms with Gasteiger partial charge in [0.25, 0.3) is 0 Å². The van der Waals surface area contributed by atoms with Gasteiger partial charge < -0.3 is 9.30 Å². The predicted octanol–water partition coefficient (Wildman–Crippen LogP) is 4.09. The molecule has 1 saturated heterocycles. The molecule has 0 bridgehead atoms. The Morgan fingerprint density at radius 2 is 1.82 bits per heavy atom. The number of ether oxygens (including phenoxy) is 1. The molecule has 4 rings (SSSR count). The summed E-state index contributed by atoms with van der Waals surface area (Å²) < 4.78 is 8.85. The summed E-state index contributed by atoms with van der Waals surface area (Å²) in [5.74, 6) is 0. The van der Waals surface area contributed by atoms with Crippen molar-refractivity contribution in [3.8, 4) is 0 Å². The van der Waals surface area contributed by atoms with Crippen molar-refractivity contribution in [2.45, 2.75) is 6.23 Å². The van der Waals surface area contributed by atoms with Crippen LogP contribution >= 0.6 is 15.9 Å². The maximum absolute atomic E-state index is 5.45. The van der Waals surface area contributed by atoms with Crippen molar-refractivity contribution >= 4 is 37.7 Å². The fraction of sp³-hybridized carbons (Fsp3) is 0.143. The van der Waals surface area contributed by atoms with Gasteiger partial charge in [-0.15, -0.1) is 0 Å². The lowest BCUT2D eigenvalue weighted by Gasteiger charge is -2.01. The quantitative estimate of drug-likeness (QED) is 0.617. The maximum atomic E-state index is 5.45. The molecule has 1 atom stereocenters. The Balaban J connectivity index is 2.24. The Kier molecular flexibility index (Phi) is 1.90. The van der Waals surface area contributed by atoms with Gasteiger partial charge >= 0.3 is 0 Å². The molecule has 1 unspecified atom stereocenters. The summed E-state index contributed by atoms with van der Waals surface area (Å²) >= 11 is 3.54. The number of hydrogen-bond acceptors (Lipinski definition) is 1. The van der Waals surface area contributed by atoms with Crippen LogP contribution in [-0.4, -0.2) is 11.2 Å². The fourth-order valence-corrected chi connectivity index (χ4v) is 2.84. The zero-order valence-electron chi connectivity index (χ0n) is 9.06. The van der Waals surface area contributed by atoms with E-state index >= 15 is 0 Å². The Morgan fingerprint density at radius 1 is 1.06 bits per heavy atom. The molecular formula is C14H10BrNO. The molecule has 84 valence electrons. The first-order chi connectivity index (χ1) is 8.34. The third-order valence-corrected chi connectivity index (χ3v) is 3.77. The lowest BCUT2D eigenvalue weighted by Crippen LogP contribution is -1.93. The van der Waals surface area contributed by atoms with E-state index in [1.54, 1.807) is 0 Å². The average Bonchev–Trinajstić information content (AvgIpc) is 3.12. The molecule has 0 radical (unpaired) electrons. The summed E-state index contributed by atoms with van der Waals surface area (Å²) in [5.41, 5.74) is 2.50. The maximum Gasteiger partial charge on any atom is 0.158 e. The number of hydrogen-bond donors (Lipinski definition) is 0. The van der Waals surface area contributed by atoms with Crippen molar-refractivity contribution in [1.29, 1.82) is 0 Å². The van der Waals surface area contributed by atoms with Gasteiger partial charge in [-0.25, -0.2) is 0 Å². The van der Waals surface area contributed by atoms with Crippen LogP contribution in [0.3, 0.4) is 0 Å². The van der Waals surface area contributed by atoms with Crippen LogP contribution in [0.2, 0.25) is 0 Å². The highest BCUT2D eigenvalue weighted by atomic mass is 79.9. The molecule has 3 heteroatoms. The molecule has 1 aliphatic rings. The van der Waals surface area contributed by atoms with Gasteiger partial charge in [0, 0.05) is 15.2 Å². The number of benzene rings is 2. The van der Waals surface area contributed by atoms with Gasteiger partial charge in [0.1, 0.15) is 0 Å². The minimum atomic E-state index is 0.221. The molecule has 0 N–H and O–H groups in total. The second kappa shape index (κ2) is 3.34. The second-order valence-corrected chi connectivity index (χ2v) is 5.25. The molecule has 1 fully saturated rings. The highest BCUT2D eigenvalue weighted by Crippen LogP contribution is 2.37. The van der Waals surface area contributed by atoms with E-state index in [1.165, 1.54) is 21.8 Å². The predicted molar refractivity (Wildman–Crippen MR) is 72.1 cm³/mol. The number of aromatic nitrogens is 1. The molecule has 2 heterocycles. The van der Waals surface area contributed by atoms with Crippen LogP contribution in [0.1, 0.15) is 6.23 Å². The first-order valence-corrected chi connectivity index (χ1v) is 6.44. The summed E-state index contributed by atoms with van der Waals surface area (Å²) in [6.45, 7) is 0.823. The summed E-state index contributed by atoms with van der Waals surface area (Å²) in [6, 6.07) is 14.9. The van der Waals surface area contributed by atoms with Crippen LogP contribution < -0.4 is 0 Å². The van der Waals surface area contributed by atoms with Crippen molar-refractivity contribution in [2.24, 2.45) is 0 Å². The van der Waals surface area contributed by atoms with Gasteiger partial charge in [-0.05, 0) is 24.3 Å². The van der Waals surface area contributed by atoms with Gasteiger partial charge in [-0.2, -0.15) is 0 Å². The average molecular weight is 288 g/mol. The van der Waals surface area contributed by atoms with E-state index in [-0.39, 0.29) is 6.23 Å². The van der Waals surface area contributed by atoms with Crippen LogP contribution in [0.25, 0.3) is 21.8 Å². The van der Waals surface area contributed by atoms with Gasteiger partial charge in [-0.1, -0.05) is 34.1 Å². The molecule has 0 amide bonds. The number of para-hydroxylation sites is 1. The number of nitrogens with zero attached hydrogens (tertiary/aromatic N) is 1. The highest BCUT2D eigenvalue weighted by Gasteiger charge is 2.28. The van der Waals surface area contributed by atoms with Gasteiger partial charge in [0.2, 0.25) is 0 Å². The van der Waals surface area contributed by atoms with E-state index in [9.17, 15) is 0 Å². The standard InChI is InChI=1S/C14H10BrNO/c15-9-5-6-13-11(7-9)10-3-1-2-4-12(10)16(13)14-8-17-14/h1-7,14H,8H2.